The number of rotatable bonds is 4. The van der Waals surface area contributed by atoms with Gasteiger partial charge >= 0.3 is 0 Å². The van der Waals surface area contributed by atoms with E-state index in [4.69, 9.17) is 4.99 Å². The molecule has 0 amide bonds. The summed E-state index contributed by atoms with van der Waals surface area (Å²) in [4.78, 5) is 4.75. The predicted molar refractivity (Wildman–Crippen MR) is 88.7 cm³/mol. The van der Waals surface area contributed by atoms with Gasteiger partial charge in [0.1, 0.15) is 0 Å². The Labute approximate surface area is 129 Å². The number of guanidine groups is 1. The molecule has 18 heavy (non-hydrogen) atoms. The Morgan fingerprint density at radius 1 is 1.22 bits per heavy atom. The first-order valence-electron chi connectivity index (χ1n) is 7.32. The molecular formula is C14H28IN3. The monoisotopic (exact) mass is 365 g/mol. The lowest BCUT2D eigenvalue weighted by Gasteiger charge is -2.25. The average Bonchev–Trinajstić information content (AvgIpc) is 3.10. The van der Waals surface area contributed by atoms with Crippen LogP contribution in [0, 0.1) is 11.8 Å². The minimum atomic E-state index is 0. The molecule has 2 unspecified atom stereocenters. The van der Waals surface area contributed by atoms with Crippen LogP contribution in [0.1, 0.15) is 52.4 Å². The van der Waals surface area contributed by atoms with Gasteiger partial charge in [0.25, 0.3) is 0 Å². The van der Waals surface area contributed by atoms with E-state index in [2.05, 4.69) is 24.5 Å². The number of hydrogen-bond acceptors (Lipinski definition) is 1. The van der Waals surface area contributed by atoms with Crippen molar-refractivity contribution in [1.82, 2.24) is 10.6 Å². The summed E-state index contributed by atoms with van der Waals surface area (Å²) in [5.74, 6) is 2.75. The molecule has 2 rings (SSSR count). The third-order valence-corrected chi connectivity index (χ3v) is 3.82. The number of nitrogens with zero attached hydrogens (tertiary/aromatic N) is 1. The zero-order valence-corrected chi connectivity index (χ0v) is 14.1. The normalized spacial score (nSPS) is 28.4. The Morgan fingerprint density at radius 2 is 2.00 bits per heavy atom. The smallest absolute Gasteiger partial charge is 0.191 e. The third kappa shape index (κ3) is 5.76. The Kier molecular flexibility index (Phi) is 7.34. The second kappa shape index (κ2) is 8.23. The first kappa shape index (κ1) is 16.1. The van der Waals surface area contributed by atoms with Crippen LogP contribution >= 0.6 is 24.0 Å². The van der Waals surface area contributed by atoms with E-state index in [9.17, 15) is 0 Å². The van der Waals surface area contributed by atoms with Crippen molar-refractivity contribution >= 4 is 29.9 Å². The number of halogens is 1. The van der Waals surface area contributed by atoms with Crippen molar-refractivity contribution in [3.63, 3.8) is 0 Å². The summed E-state index contributed by atoms with van der Waals surface area (Å²) >= 11 is 0. The summed E-state index contributed by atoms with van der Waals surface area (Å²) in [6, 6.07) is 0.693. The minimum Gasteiger partial charge on any atom is -0.357 e. The van der Waals surface area contributed by atoms with Crippen LogP contribution in [-0.2, 0) is 0 Å². The zero-order chi connectivity index (χ0) is 12.1. The van der Waals surface area contributed by atoms with Crippen LogP contribution in [0.3, 0.4) is 0 Å². The van der Waals surface area contributed by atoms with Crippen LogP contribution in [0.5, 0.6) is 0 Å². The number of hydrogen-bond donors (Lipinski definition) is 2. The minimum absolute atomic E-state index is 0. The van der Waals surface area contributed by atoms with Crippen molar-refractivity contribution in [2.75, 3.05) is 13.1 Å². The molecule has 0 bridgehead atoms. The molecule has 2 atom stereocenters. The molecule has 0 saturated heterocycles. The summed E-state index contributed by atoms with van der Waals surface area (Å²) in [5.41, 5.74) is 0. The van der Waals surface area contributed by atoms with E-state index in [1.807, 2.05) is 0 Å². The maximum absolute atomic E-state index is 4.75. The van der Waals surface area contributed by atoms with Crippen LogP contribution in [0.4, 0.5) is 0 Å². The zero-order valence-electron chi connectivity index (χ0n) is 11.7. The molecule has 2 N–H and O–H groups in total. The second-order valence-corrected chi connectivity index (χ2v) is 5.78. The van der Waals surface area contributed by atoms with Crippen molar-refractivity contribution in [2.45, 2.75) is 58.4 Å². The van der Waals surface area contributed by atoms with E-state index in [-0.39, 0.29) is 24.0 Å². The largest absolute Gasteiger partial charge is 0.357 e. The Balaban J connectivity index is 0.00000162. The third-order valence-electron chi connectivity index (χ3n) is 3.82. The van der Waals surface area contributed by atoms with Gasteiger partial charge in [0, 0.05) is 19.1 Å². The molecule has 2 saturated carbocycles. The SMILES string of the molecule is CCNC(=NCC1CCCC(C)C1)NC1CC1.I. The molecule has 106 valence electrons. The van der Waals surface area contributed by atoms with Crippen LogP contribution < -0.4 is 10.6 Å². The highest BCUT2D eigenvalue weighted by molar-refractivity contribution is 14.0. The van der Waals surface area contributed by atoms with Crippen molar-refractivity contribution in [3.8, 4) is 0 Å². The summed E-state index contributed by atoms with van der Waals surface area (Å²) in [5, 5.41) is 6.83. The van der Waals surface area contributed by atoms with Gasteiger partial charge in [-0.3, -0.25) is 4.99 Å². The number of aliphatic imine (C=N–C) groups is 1. The molecule has 4 heteroatoms. The van der Waals surface area contributed by atoms with Crippen LogP contribution in [0.15, 0.2) is 4.99 Å². The molecule has 0 heterocycles. The Hall–Kier alpha value is 0. The van der Waals surface area contributed by atoms with Gasteiger partial charge in [-0.15, -0.1) is 24.0 Å². The van der Waals surface area contributed by atoms with Gasteiger partial charge < -0.3 is 10.6 Å². The van der Waals surface area contributed by atoms with Crippen LogP contribution in [0.25, 0.3) is 0 Å². The van der Waals surface area contributed by atoms with Crippen molar-refractivity contribution in [1.29, 1.82) is 0 Å². The Bertz CT molecular complexity index is 264. The molecule has 0 radical (unpaired) electrons. The van der Waals surface area contributed by atoms with Crippen LogP contribution in [-0.4, -0.2) is 25.1 Å². The summed E-state index contributed by atoms with van der Waals surface area (Å²) in [7, 11) is 0. The summed E-state index contributed by atoms with van der Waals surface area (Å²) in [6.07, 6.45) is 8.17. The van der Waals surface area contributed by atoms with E-state index in [1.54, 1.807) is 0 Å². The quantitative estimate of drug-likeness (QED) is 0.456. The summed E-state index contributed by atoms with van der Waals surface area (Å²) < 4.78 is 0. The van der Waals surface area contributed by atoms with E-state index in [1.165, 1.54) is 38.5 Å². The highest BCUT2D eigenvalue weighted by Crippen LogP contribution is 2.28. The lowest BCUT2D eigenvalue weighted by atomic mass is 9.82. The number of nitrogens with one attached hydrogen (secondary N) is 2. The van der Waals surface area contributed by atoms with E-state index < -0.39 is 0 Å². The van der Waals surface area contributed by atoms with Gasteiger partial charge in [0.15, 0.2) is 5.96 Å². The van der Waals surface area contributed by atoms with Gasteiger partial charge in [-0.25, -0.2) is 0 Å². The summed E-state index contributed by atoms with van der Waals surface area (Å²) in [6.45, 7) is 6.47. The predicted octanol–water partition coefficient (Wildman–Crippen LogP) is 3.15. The fourth-order valence-electron chi connectivity index (χ4n) is 2.69. The highest BCUT2D eigenvalue weighted by Gasteiger charge is 2.23. The maximum Gasteiger partial charge on any atom is 0.191 e. The molecular weight excluding hydrogens is 337 g/mol. The van der Waals surface area contributed by atoms with Gasteiger partial charge in [-0.2, -0.15) is 0 Å². The van der Waals surface area contributed by atoms with Crippen molar-refractivity contribution in [2.24, 2.45) is 16.8 Å². The van der Waals surface area contributed by atoms with E-state index >= 15 is 0 Å². The second-order valence-electron chi connectivity index (χ2n) is 5.78. The van der Waals surface area contributed by atoms with Crippen LogP contribution in [0.2, 0.25) is 0 Å². The first-order chi connectivity index (χ1) is 8.28. The fraction of sp³-hybridized carbons (Fsp3) is 0.929. The molecule has 0 aliphatic heterocycles. The molecule has 3 nitrogen and oxygen atoms in total. The molecule has 0 aromatic carbocycles. The lowest BCUT2D eigenvalue weighted by molar-refractivity contribution is 0.289. The molecule has 2 aliphatic rings. The lowest BCUT2D eigenvalue weighted by Crippen LogP contribution is -2.39. The molecule has 2 aliphatic carbocycles. The van der Waals surface area contributed by atoms with Gasteiger partial charge in [-0.05, 0) is 44.4 Å². The van der Waals surface area contributed by atoms with E-state index in [0.29, 0.717) is 6.04 Å². The first-order valence-corrected chi connectivity index (χ1v) is 7.32. The van der Waals surface area contributed by atoms with Gasteiger partial charge in [0.05, 0.1) is 0 Å². The molecule has 2 fully saturated rings. The van der Waals surface area contributed by atoms with Gasteiger partial charge in [0.2, 0.25) is 0 Å². The standard InChI is InChI=1S/C14H27N3.HI/c1-3-15-14(17-13-7-8-13)16-10-12-6-4-5-11(2)9-12;/h11-13H,3-10H2,1-2H3,(H2,15,16,17);1H. The van der Waals surface area contributed by atoms with Gasteiger partial charge in [-0.1, -0.05) is 19.8 Å². The Morgan fingerprint density at radius 3 is 2.61 bits per heavy atom. The fourth-order valence-corrected chi connectivity index (χ4v) is 2.69. The molecule has 0 aromatic rings. The van der Waals surface area contributed by atoms with Crippen molar-refractivity contribution < 1.29 is 0 Å². The van der Waals surface area contributed by atoms with Crippen molar-refractivity contribution in [3.05, 3.63) is 0 Å². The topological polar surface area (TPSA) is 36.4 Å². The molecule has 0 aromatic heterocycles. The van der Waals surface area contributed by atoms with E-state index in [0.717, 1.165) is 30.9 Å². The highest BCUT2D eigenvalue weighted by atomic mass is 127. The maximum atomic E-state index is 4.75. The molecule has 0 spiro atoms. The average molecular weight is 365 g/mol.